The van der Waals surface area contributed by atoms with E-state index in [4.69, 9.17) is 16.3 Å². The predicted octanol–water partition coefficient (Wildman–Crippen LogP) is 4.93. The smallest absolute Gasteiger partial charge is 0.346 e. The summed E-state index contributed by atoms with van der Waals surface area (Å²) in [4.78, 5) is 26.0. The molecule has 6 nitrogen and oxygen atoms in total. The molecule has 1 aromatic heterocycles. The van der Waals surface area contributed by atoms with Crippen LogP contribution in [0.25, 0.3) is 11.4 Å². The number of benzene rings is 3. The van der Waals surface area contributed by atoms with Crippen LogP contribution in [0.15, 0.2) is 77.6 Å². The zero-order valence-corrected chi connectivity index (χ0v) is 20.0. The summed E-state index contributed by atoms with van der Waals surface area (Å²) in [5.41, 5.74) is 3.60. The zero-order chi connectivity index (χ0) is 24.1. The average Bonchev–Trinajstić information content (AvgIpc) is 3.13. The lowest BCUT2D eigenvalue weighted by Crippen LogP contribution is -2.28. The summed E-state index contributed by atoms with van der Waals surface area (Å²) in [6.07, 6.45) is 0.976. The highest BCUT2D eigenvalue weighted by Crippen LogP contribution is 2.20. The van der Waals surface area contributed by atoms with Gasteiger partial charge in [-0.05, 0) is 60.9 Å². The lowest BCUT2D eigenvalue weighted by molar-refractivity contribution is -0.119. The normalized spacial score (nSPS) is 10.9. The Balaban J connectivity index is 1.59. The Hall–Kier alpha value is -3.64. The van der Waals surface area contributed by atoms with Crippen LogP contribution in [-0.4, -0.2) is 27.2 Å². The van der Waals surface area contributed by atoms with Gasteiger partial charge in [0.05, 0.1) is 13.7 Å². The number of aryl methyl sites for hydroxylation is 2. The van der Waals surface area contributed by atoms with Crippen LogP contribution < -0.4 is 10.4 Å². The van der Waals surface area contributed by atoms with Gasteiger partial charge in [-0.1, -0.05) is 53.6 Å². The van der Waals surface area contributed by atoms with E-state index in [9.17, 15) is 9.59 Å². The quantitative estimate of drug-likeness (QED) is 0.344. The van der Waals surface area contributed by atoms with Crippen LogP contribution in [0.2, 0.25) is 5.02 Å². The maximum absolute atomic E-state index is 13.3. The molecule has 0 saturated heterocycles. The van der Waals surface area contributed by atoms with Gasteiger partial charge >= 0.3 is 5.69 Å². The van der Waals surface area contributed by atoms with E-state index in [-0.39, 0.29) is 18.0 Å². The molecule has 3 aromatic carbocycles. The molecule has 1 heterocycles. The molecular formula is C27H26ClN3O3. The summed E-state index contributed by atoms with van der Waals surface area (Å²) in [5.74, 6) is 1.19. The number of Topliss-reactive ketones (excluding diaryl/α,β-unsaturated/α-hetero) is 1. The zero-order valence-electron chi connectivity index (χ0n) is 19.2. The monoisotopic (exact) mass is 475 g/mol. The summed E-state index contributed by atoms with van der Waals surface area (Å²) in [6, 6.07) is 22.7. The maximum Gasteiger partial charge on any atom is 0.346 e. The van der Waals surface area contributed by atoms with E-state index in [0.717, 1.165) is 28.0 Å². The number of ether oxygens (including phenoxy) is 1. The Morgan fingerprint density at radius 3 is 2.41 bits per heavy atom. The van der Waals surface area contributed by atoms with Crippen molar-refractivity contribution in [3.63, 3.8) is 0 Å². The molecule has 0 aliphatic heterocycles. The fraction of sp³-hybridized carbons (Fsp3) is 0.222. The van der Waals surface area contributed by atoms with Crippen LogP contribution in [0.5, 0.6) is 5.75 Å². The van der Waals surface area contributed by atoms with Gasteiger partial charge in [-0.25, -0.2) is 9.48 Å². The van der Waals surface area contributed by atoms with Crippen molar-refractivity contribution in [1.29, 1.82) is 0 Å². The number of ketones is 1. The highest BCUT2D eigenvalue weighted by Gasteiger charge is 2.17. The lowest BCUT2D eigenvalue weighted by atomic mass is 10.1. The third-order valence-corrected chi connectivity index (χ3v) is 5.88. The summed E-state index contributed by atoms with van der Waals surface area (Å²) in [6.45, 7) is 2.28. The second-order valence-corrected chi connectivity index (χ2v) is 8.67. The van der Waals surface area contributed by atoms with Crippen molar-refractivity contribution in [3.05, 3.63) is 105 Å². The number of hydrogen-bond acceptors (Lipinski definition) is 4. The number of carbonyl (C=O) groups excluding carboxylic acids is 1. The van der Waals surface area contributed by atoms with E-state index in [2.05, 4.69) is 11.2 Å². The number of hydrogen-bond donors (Lipinski definition) is 0. The average molecular weight is 476 g/mol. The first-order chi connectivity index (χ1) is 16.4. The van der Waals surface area contributed by atoms with Gasteiger partial charge in [0, 0.05) is 17.0 Å². The Bertz CT molecular complexity index is 1340. The van der Waals surface area contributed by atoms with E-state index in [1.807, 2.05) is 61.5 Å². The van der Waals surface area contributed by atoms with Crippen LogP contribution in [0.1, 0.15) is 23.1 Å². The Labute approximate surface area is 203 Å². The lowest BCUT2D eigenvalue weighted by Gasteiger charge is -2.07. The molecule has 7 heteroatoms. The van der Waals surface area contributed by atoms with Crippen molar-refractivity contribution in [2.45, 2.75) is 32.9 Å². The van der Waals surface area contributed by atoms with E-state index in [1.165, 1.54) is 4.68 Å². The third kappa shape index (κ3) is 5.64. The minimum atomic E-state index is -0.329. The first-order valence-electron chi connectivity index (χ1n) is 11.1. The summed E-state index contributed by atoms with van der Waals surface area (Å²) in [5, 5.41) is 5.12. The van der Waals surface area contributed by atoms with Gasteiger partial charge in [0.1, 0.15) is 12.3 Å². The summed E-state index contributed by atoms with van der Waals surface area (Å²) >= 11 is 6.05. The molecule has 4 aromatic rings. The molecule has 0 amide bonds. The van der Waals surface area contributed by atoms with E-state index < -0.39 is 0 Å². The van der Waals surface area contributed by atoms with Gasteiger partial charge in [-0.3, -0.25) is 9.36 Å². The number of halogens is 1. The molecule has 0 spiro atoms. The topological polar surface area (TPSA) is 66.1 Å². The molecular weight excluding hydrogens is 450 g/mol. The number of nitrogens with zero attached hydrogens (tertiary/aromatic N) is 3. The van der Waals surface area contributed by atoms with Gasteiger partial charge < -0.3 is 4.74 Å². The molecule has 34 heavy (non-hydrogen) atoms. The largest absolute Gasteiger partial charge is 0.497 e. The molecule has 0 radical (unpaired) electrons. The number of methoxy groups -OCH3 is 1. The third-order valence-electron chi connectivity index (χ3n) is 5.63. The van der Waals surface area contributed by atoms with Gasteiger partial charge in [-0.2, -0.15) is 0 Å². The Morgan fingerprint density at radius 1 is 1.00 bits per heavy atom. The molecule has 4 rings (SSSR count). The molecule has 0 N–H and O–H groups in total. The van der Waals surface area contributed by atoms with Crippen LogP contribution in [-0.2, 0) is 24.3 Å². The number of aromatic nitrogens is 3. The minimum Gasteiger partial charge on any atom is -0.497 e. The summed E-state index contributed by atoms with van der Waals surface area (Å²) in [7, 11) is 1.61. The van der Waals surface area contributed by atoms with Gasteiger partial charge in [0.15, 0.2) is 11.6 Å². The highest BCUT2D eigenvalue weighted by atomic mass is 35.5. The van der Waals surface area contributed by atoms with E-state index in [0.29, 0.717) is 30.2 Å². The first kappa shape index (κ1) is 23.5. The fourth-order valence-electron chi connectivity index (χ4n) is 3.81. The predicted molar refractivity (Wildman–Crippen MR) is 134 cm³/mol. The van der Waals surface area contributed by atoms with Gasteiger partial charge in [0.2, 0.25) is 0 Å². The SMILES string of the molecule is COc1ccc(Cn2c(-c3ccc(Cl)cc3)nn(CC(=O)CCc3cccc(C)c3)c2=O)cc1. The van der Waals surface area contributed by atoms with Crippen molar-refractivity contribution in [1.82, 2.24) is 14.3 Å². The molecule has 0 unspecified atom stereocenters. The van der Waals surface area contributed by atoms with Gasteiger partial charge in [-0.15, -0.1) is 5.10 Å². The van der Waals surface area contributed by atoms with Crippen molar-refractivity contribution in [3.8, 4) is 17.1 Å². The molecule has 0 saturated carbocycles. The van der Waals surface area contributed by atoms with Gasteiger partial charge in [0.25, 0.3) is 0 Å². The fourth-order valence-corrected chi connectivity index (χ4v) is 3.94. The number of carbonyl (C=O) groups is 1. The van der Waals surface area contributed by atoms with Crippen LogP contribution in [0.4, 0.5) is 0 Å². The van der Waals surface area contributed by atoms with Crippen LogP contribution in [0, 0.1) is 6.92 Å². The van der Waals surface area contributed by atoms with Crippen LogP contribution >= 0.6 is 11.6 Å². The summed E-state index contributed by atoms with van der Waals surface area (Å²) < 4.78 is 8.06. The molecule has 0 bridgehead atoms. The molecule has 174 valence electrons. The Kier molecular flexibility index (Phi) is 7.28. The molecule has 0 aliphatic carbocycles. The minimum absolute atomic E-state index is 0.0413. The molecule has 0 atom stereocenters. The highest BCUT2D eigenvalue weighted by molar-refractivity contribution is 6.30. The number of rotatable bonds is 9. The van der Waals surface area contributed by atoms with Crippen molar-refractivity contribution >= 4 is 17.4 Å². The molecule has 0 fully saturated rings. The van der Waals surface area contributed by atoms with E-state index >= 15 is 0 Å². The van der Waals surface area contributed by atoms with Crippen molar-refractivity contribution < 1.29 is 9.53 Å². The van der Waals surface area contributed by atoms with Crippen molar-refractivity contribution in [2.24, 2.45) is 0 Å². The standard InChI is InChI=1S/C27H26ClN3O3/c1-19-4-3-5-20(16-19)6-13-24(32)18-31-27(33)30(17-21-7-14-25(34-2)15-8-21)26(29-31)22-9-11-23(28)12-10-22/h3-5,7-12,14-16H,6,13,17-18H2,1-2H3. The first-order valence-corrected chi connectivity index (χ1v) is 11.4. The van der Waals surface area contributed by atoms with Crippen molar-refractivity contribution in [2.75, 3.05) is 7.11 Å². The molecule has 0 aliphatic rings. The van der Waals surface area contributed by atoms with Crippen LogP contribution in [0.3, 0.4) is 0 Å². The second-order valence-electron chi connectivity index (χ2n) is 8.23. The van der Waals surface area contributed by atoms with E-state index in [1.54, 1.807) is 23.8 Å². The second kappa shape index (κ2) is 10.5. The maximum atomic E-state index is 13.3. The Morgan fingerprint density at radius 2 is 1.74 bits per heavy atom.